The highest BCUT2D eigenvalue weighted by molar-refractivity contribution is 5.69. The fourth-order valence-electron chi connectivity index (χ4n) is 1.26. The zero-order valence-corrected chi connectivity index (χ0v) is 7.69. The molecule has 6 heteroatoms. The van der Waals surface area contributed by atoms with Crippen molar-refractivity contribution in [1.82, 2.24) is 19.6 Å². The number of aliphatic carboxylic acids is 1. The number of hydrogen-bond acceptors (Lipinski definition) is 3. The third kappa shape index (κ3) is 1.46. The minimum Gasteiger partial charge on any atom is -0.481 e. The number of nitrogens with one attached hydrogen (secondary N) is 1. The van der Waals surface area contributed by atoms with Crippen molar-refractivity contribution in [3.8, 4) is 0 Å². The number of H-pyrrole nitrogens is 1. The molecule has 0 saturated carbocycles. The monoisotopic (exact) mass is 194 g/mol. The van der Waals surface area contributed by atoms with Crippen LogP contribution in [-0.4, -0.2) is 30.7 Å². The largest absolute Gasteiger partial charge is 0.481 e. The summed E-state index contributed by atoms with van der Waals surface area (Å²) in [5, 5.41) is 11.5. The number of carboxylic acid groups (broad SMARTS) is 1. The molecule has 2 rings (SSSR count). The number of nitrogens with zero attached hydrogens (tertiary/aromatic N) is 3. The lowest BCUT2D eigenvalue weighted by atomic mass is 10.3. The van der Waals surface area contributed by atoms with Gasteiger partial charge in [0.15, 0.2) is 0 Å². The highest BCUT2D eigenvalue weighted by Crippen LogP contribution is 2.04. The number of carboxylic acids is 1. The van der Waals surface area contributed by atoms with Gasteiger partial charge in [-0.3, -0.25) is 9.89 Å². The predicted molar refractivity (Wildman–Crippen MR) is 48.1 cm³/mol. The summed E-state index contributed by atoms with van der Waals surface area (Å²) in [6, 6.07) is 0. The van der Waals surface area contributed by atoms with Gasteiger partial charge in [0.05, 0.1) is 18.3 Å². The van der Waals surface area contributed by atoms with Crippen LogP contribution in [0.5, 0.6) is 0 Å². The Morgan fingerprint density at radius 2 is 2.43 bits per heavy atom. The molecule has 0 aliphatic carbocycles. The summed E-state index contributed by atoms with van der Waals surface area (Å²) in [5.41, 5.74) is 0.513. The number of aryl methyl sites for hydroxylation is 1. The third-order valence-electron chi connectivity index (χ3n) is 1.89. The van der Waals surface area contributed by atoms with Crippen LogP contribution in [0.1, 0.15) is 18.4 Å². The molecular weight excluding hydrogens is 184 g/mol. The summed E-state index contributed by atoms with van der Waals surface area (Å²) in [5.74, 6) is 0.481. The first kappa shape index (κ1) is 8.74. The van der Waals surface area contributed by atoms with E-state index in [2.05, 4.69) is 15.1 Å². The molecule has 0 fully saturated rings. The maximum atomic E-state index is 10.4. The topological polar surface area (TPSA) is 83.3 Å². The van der Waals surface area contributed by atoms with Crippen LogP contribution in [0.3, 0.4) is 0 Å². The molecule has 0 amide bonds. The molecule has 2 aromatic heterocycles. The first-order chi connectivity index (χ1) is 6.69. The van der Waals surface area contributed by atoms with Gasteiger partial charge in [-0.15, -0.1) is 0 Å². The van der Waals surface area contributed by atoms with Gasteiger partial charge in [-0.05, 0) is 0 Å². The maximum Gasteiger partial charge on any atom is 0.309 e. The summed E-state index contributed by atoms with van der Waals surface area (Å²) in [4.78, 5) is 18.6. The summed E-state index contributed by atoms with van der Waals surface area (Å²) in [6.45, 7) is 1.98. The number of imidazole rings is 1. The van der Waals surface area contributed by atoms with Crippen LogP contribution in [0.2, 0.25) is 0 Å². The standard InChI is InChI=1S/C8H10N4O2/c1-2-6-10-8-9-5(3-7(13)14)4-12(8)11-6/h4H,2-3H2,1H3,(H,13,14)(H,9,10,11). The van der Waals surface area contributed by atoms with Gasteiger partial charge in [-0.1, -0.05) is 6.92 Å². The average molecular weight is 194 g/mol. The van der Waals surface area contributed by atoms with E-state index in [1.807, 2.05) is 6.92 Å². The highest BCUT2D eigenvalue weighted by Gasteiger charge is 2.08. The third-order valence-corrected chi connectivity index (χ3v) is 1.89. The number of fused-ring (bicyclic) bond motifs is 1. The van der Waals surface area contributed by atoms with Crippen LogP contribution in [0.4, 0.5) is 0 Å². The molecule has 0 aromatic carbocycles. The Hall–Kier alpha value is -1.85. The Labute approximate surface area is 79.6 Å². The van der Waals surface area contributed by atoms with Crippen molar-refractivity contribution in [3.63, 3.8) is 0 Å². The molecule has 0 bridgehead atoms. The second-order valence-corrected chi connectivity index (χ2v) is 3.00. The fraction of sp³-hybridized carbons (Fsp3) is 0.375. The highest BCUT2D eigenvalue weighted by atomic mass is 16.4. The SMILES string of the molecule is CCc1nc2nc(CC(=O)O)cn2[nH]1. The zero-order chi connectivity index (χ0) is 10.1. The molecule has 2 N–H and O–H groups in total. The number of rotatable bonds is 3. The van der Waals surface area contributed by atoms with E-state index in [4.69, 9.17) is 5.11 Å². The summed E-state index contributed by atoms with van der Waals surface area (Å²) < 4.78 is 1.64. The minimum atomic E-state index is -0.888. The zero-order valence-electron chi connectivity index (χ0n) is 7.69. The lowest BCUT2D eigenvalue weighted by molar-refractivity contribution is -0.136. The number of aromatic nitrogens is 4. The van der Waals surface area contributed by atoms with Crippen LogP contribution in [-0.2, 0) is 17.6 Å². The van der Waals surface area contributed by atoms with E-state index in [0.717, 1.165) is 12.2 Å². The second-order valence-electron chi connectivity index (χ2n) is 3.00. The number of carbonyl (C=O) groups is 1. The van der Waals surface area contributed by atoms with Gasteiger partial charge in [-0.25, -0.2) is 9.50 Å². The van der Waals surface area contributed by atoms with Crippen molar-refractivity contribution >= 4 is 11.7 Å². The molecule has 0 atom stereocenters. The molecule has 6 nitrogen and oxygen atoms in total. The number of hydrogen-bond donors (Lipinski definition) is 2. The fourth-order valence-corrected chi connectivity index (χ4v) is 1.26. The van der Waals surface area contributed by atoms with E-state index in [-0.39, 0.29) is 6.42 Å². The lowest BCUT2D eigenvalue weighted by Crippen LogP contribution is -2.00. The van der Waals surface area contributed by atoms with Gasteiger partial charge in [-0.2, -0.15) is 4.98 Å². The summed E-state index contributed by atoms with van der Waals surface area (Å²) >= 11 is 0. The van der Waals surface area contributed by atoms with Crippen LogP contribution in [0.15, 0.2) is 6.20 Å². The molecule has 2 heterocycles. The molecular formula is C8H10N4O2. The van der Waals surface area contributed by atoms with Crippen LogP contribution < -0.4 is 0 Å². The quantitative estimate of drug-likeness (QED) is 0.733. The average Bonchev–Trinajstić information content (AvgIpc) is 2.59. The van der Waals surface area contributed by atoms with E-state index < -0.39 is 5.97 Å². The Morgan fingerprint density at radius 1 is 1.64 bits per heavy atom. The van der Waals surface area contributed by atoms with Gasteiger partial charge in [0.2, 0.25) is 0 Å². The van der Waals surface area contributed by atoms with Crippen LogP contribution in [0.25, 0.3) is 5.78 Å². The van der Waals surface area contributed by atoms with Crippen LogP contribution in [0, 0.1) is 0 Å². The smallest absolute Gasteiger partial charge is 0.309 e. The maximum absolute atomic E-state index is 10.4. The van der Waals surface area contributed by atoms with Gasteiger partial charge in [0.25, 0.3) is 5.78 Å². The number of aromatic amines is 1. The molecule has 14 heavy (non-hydrogen) atoms. The van der Waals surface area contributed by atoms with Gasteiger partial charge in [0, 0.05) is 6.42 Å². The molecule has 0 aliphatic rings. The summed E-state index contributed by atoms with van der Waals surface area (Å²) in [6.07, 6.45) is 2.38. The van der Waals surface area contributed by atoms with E-state index in [1.165, 1.54) is 0 Å². The second kappa shape index (κ2) is 3.13. The summed E-state index contributed by atoms with van der Waals surface area (Å²) in [7, 11) is 0. The van der Waals surface area contributed by atoms with Gasteiger partial charge < -0.3 is 5.11 Å². The molecule has 0 radical (unpaired) electrons. The molecule has 0 aliphatic heterocycles. The van der Waals surface area contributed by atoms with E-state index in [9.17, 15) is 4.79 Å². The van der Waals surface area contributed by atoms with Crippen molar-refractivity contribution in [1.29, 1.82) is 0 Å². The Bertz CT molecular complexity index is 439. The first-order valence-electron chi connectivity index (χ1n) is 4.33. The molecule has 0 unspecified atom stereocenters. The van der Waals surface area contributed by atoms with Crippen molar-refractivity contribution in [2.75, 3.05) is 0 Å². The predicted octanol–water partition coefficient (Wildman–Crippen LogP) is 0.247. The van der Waals surface area contributed by atoms with Crippen molar-refractivity contribution in [2.45, 2.75) is 19.8 Å². The molecule has 0 saturated heterocycles. The van der Waals surface area contributed by atoms with Crippen molar-refractivity contribution < 1.29 is 9.90 Å². The van der Waals surface area contributed by atoms with E-state index in [1.54, 1.807) is 10.7 Å². The Kier molecular flexibility index (Phi) is 1.95. The normalized spacial score (nSPS) is 10.9. The molecule has 0 spiro atoms. The minimum absolute atomic E-state index is 0.0708. The van der Waals surface area contributed by atoms with Crippen LogP contribution >= 0.6 is 0 Å². The molecule has 2 aromatic rings. The molecule has 74 valence electrons. The van der Waals surface area contributed by atoms with Gasteiger partial charge >= 0.3 is 5.97 Å². The van der Waals surface area contributed by atoms with Gasteiger partial charge in [0.1, 0.15) is 5.82 Å². The lowest BCUT2D eigenvalue weighted by Gasteiger charge is -1.87. The Balaban J connectivity index is 2.34. The van der Waals surface area contributed by atoms with Crippen molar-refractivity contribution in [3.05, 3.63) is 17.7 Å². The van der Waals surface area contributed by atoms with Crippen molar-refractivity contribution in [2.24, 2.45) is 0 Å². The Morgan fingerprint density at radius 3 is 3.00 bits per heavy atom. The van der Waals surface area contributed by atoms with E-state index in [0.29, 0.717) is 11.5 Å². The van der Waals surface area contributed by atoms with E-state index >= 15 is 0 Å². The first-order valence-corrected chi connectivity index (χ1v) is 4.33.